The molecule has 9 atom stereocenters. The van der Waals surface area contributed by atoms with Crippen LogP contribution in [0.1, 0.15) is 82.8 Å². The van der Waals surface area contributed by atoms with E-state index in [1.165, 1.54) is 46.3 Å². The van der Waals surface area contributed by atoms with Crippen LogP contribution in [0.3, 0.4) is 0 Å². The van der Waals surface area contributed by atoms with E-state index in [2.05, 4.69) is 15.1 Å². The number of anilines is 1. The van der Waals surface area contributed by atoms with Gasteiger partial charge in [0.05, 0.1) is 41.2 Å². The first-order valence-electron chi connectivity index (χ1n) is 20.6. The van der Waals surface area contributed by atoms with Gasteiger partial charge < -0.3 is 54.7 Å². The number of Topliss-reactive ketones (excluding diaryl/α,β-unsaturated/α-hetero) is 1. The minimum atomic E-state index is -2.01. The number of phenolic OH excluding ortho intramolecular Hbond substituents is 3. The van der Waals surface area contributed by atoms with Gasteiger partial charge in [-0.15, -0.1) is 0 Å². The van der Waals surface area contributed by atoms with Gasteiger partial charge in [0.1, 0.15) is 23.4 Å². The van der Waals surface area contributed by atoms with Crippen molar-refractivity contribution in [1.82, 2.24) is 9.80 Å². The van der Waals surface area contributed by atoms with Gasteiger partial charge >= 0.3 is 11.8 Å². The third-order valence-corrected chi connectivity index (χ3v) is 12.8. The lowest BCUT2D eigenvalue weighted by molar-refractivity contribution is -0.160. The summed E-state index contributed by atoms with van der Waals surface area (Å²) in [5, 5.41) is 61.2. The fraction of sp³-hybridized carbons (Fsp3) is 0.578. The number of fused-ring (bicyclic) bond motifs is 14. The van der Waals surface area contributed by atoms with Gasteiger partial charge in [-0.25, -0.2) is 0 Å². The first-order valence-corrected chi connectivity index (χ1v) is 20.6. The minimum absolute atomic E-state index is 0.0545. The highest BCUT2D eigenvalue weighted by atomic mass is 16.7. The van der Waals surface area contributed by atoms with Crippen molar-refractivity contribution in [2.45, 2.75) is 111 Å². The van der Waals surface area contributed by atoms with E-state index in [0.29, 0.717) is 19.1 Å². The molecule has 6 N–H and O–H groups in total. The molecule has 1 saturated heterocycles. The van der Waals surface area contributed by atoms with Gasteiger partial charge in [-0.1, -0.05) is 45.9 Å². The molecule has 0 aromatic heterocycles. The Labute approximate surface area is 352 Å². The number of methoxy groups -OCH3 is 1. The normalized spacial score (nSPS) is 32.0. The van der Waals surface area contributed by atoms with E-state index < -0.39 is 88.8 Å². The number of piperidine rings is 1. The number of nitrogens with one attached hydrogen (secondary N) is 1. The van der Waals surface area contributed by atoms with E-state index in [-0.39, 0.29) is 51.0 Å². The zero-order valence-corrected chi connectivity index (χ0v) is 36.6. The topological polar surface area (TPSA) is 208 Å². The van der Waals surface area contributed by atoms with E-state index in [1.807, 2.05) is 14.1 Å². The lowest BCUT2D eigenvalue weighted by atomic mass is 9.78. The Kier molecular flexibility index (Phi) is 14.3. The van der Waals surface area contributed by atoms with Crippen LogP contribution in [0.5, 0.6) is 23.0 Å². The molecule has 2 aromatic rings. The Morgan fingerprint density at radius 1 is 0.950 bits per heavy atom. The van der Waals surface area contributed by atoms with E-state index in [0.717, 1.165) is 12.8 Å². The maximum absolute atomic E-state index is 14.5. The Balaban J connectivity index is 1.69. The zero-order chi connectivity index (χ0) is 44.5. The third-order valence-electron chi connectivity index (χ3n) is 12.8. The first kappa shape index (κ1) is 46.4. The van der Waals surface area contributed by atoms with Crippen LogP contribution in [0.25, 0.3) is 10.8 Å². The number of hydrogen-bond acceptors (Lipinski definition) is 14. The molecule has 15 heteroatoms. The van der Waals surface area contributed by atoms with Gasteiger partial charge in [-0.2, -0.15) is 0 Å². The predicted molar refractivity (Wildman–Crippen MR) is 226 cm³/mol. The number of phenols is 3. The highest BCUT2D eigenvalue weighted by Crippen LogP contribution is 2.55. The summed E-state index contributed by atoms with van der Waals surface area (Å²) in [6, 6.07) is 0.353. The number of amides is 1. The van der Waals surface area contributed by atoms with Crippen molar-refractivity contribution in [3.05, 3.63) is 52.8 Å². The van der Waals surface area contributed by atoms with Crippen molar-refractivity contribution in [1.29, 1.82) is 0 Å². The van der Waals surface area contributed by atoms with Crippen LogP contribution in [0, 0.1) is 30.6 Å². The fourth-order valence-corrected chi connectivity index (χ4v) is 8.76. The molecule has 1 fully saturated rings. The predicted octanol–water partition coefficient (Wildman–Crippen LogP) is 5.28. The number of hydrogen-bond donors (Lipinski definition) is 6. The summed E-state index contributed by atoms with van der Waals surface area (Å²) in [5.41, 5.74) is 0.196. The second kappa shape index (κ2) is 18.5. The molecule has 4 aliphatic rings. The highest BCUT2D eigenvalue weighted by molar-refractivity contribution is 6.22. The van der Waals surface area contributed by atoms with E-state index in [4.69, 9.17) is 18.9 Å². The number of esters is 1. The fourth-order valence-electron chi connectivity index (χ4n) is 8.76. The Hall–Kier alpha value is -4.67. The number of ether oxygens (including phenoxy) is 4. The van der Waals surface area contributed by atoms with Crippen LogP contribution in [0.4, 0.5) is 5.69 Å². The maximum Gasteiger partial charge on any atom is 0.312 e. The molecule has 0 radical (unpaired) electrons. The SMILES string of the molecule is CO[C@H]1/C=C/O[C@@]2(C)Oc3c(C)c(O)c4c(O)c(c(CN5CCC(N(C)C)CC5)c(O)c4c3C2=O)NC(=O)/C(C)=C\C=C\[C@H](C)[C@H](O)[C@@H](C)[C@@H](O)[C@@H](C)[C@H](OC(C)=O)[C@@H]1C. The van der Waals surface area contributed by atoms with Crippen molar-refractivity contribution in [2.75, 3.05) is 39.6 Å². The second-order valence-electron chi connectivity index (χ2n) is 17.2. The molecular weight excluding hydrogens is 775 g/mol. The minimum Gasteiger partial charge on any atom is -0.507 e. The van der Waals surface area contributed by atoms with Crippen molar-refractivity contribution in [2.24, 2.45) is 23.7 Å². The summed E-state index contributed by atoms with van der Waals surface area (Å²) in [4.78, 5) is 45.0. The first-order chi connectivity index (χ1) is 28.1. The molecule has 60 heavy (non-hydrogen) atoms. The van der Waals surface area contributed by atoms with Gasteiger partial charge in [0, 0.05) is 79.3 Å². The molecule has 6 rings (SSSR count). The van der Waals surface area contributed by atoms with Crippen LogP contribution < -0.4 is 10.1 Å². The molecule has 0 aliphatic carbocycles. The lowest BCUT2D eigenvalue weighted by Crippen LogP contribution is -2.46. The zero-order valence-electron chi connectivity index (χ0n) is 36.6. The largest absolute Gasteiger partial charge is 0.507 e. The van der Waals surface area contributed by atoms with Gasteiger partial charge in [-0.3, -0.25) is 19.3 Å². The molecule has 5 bridgehead atoms. The van der Waals surface area contributed by atoms with Gasteiger partial charge in [0.2, 0.25) is 0 Å². The second-order valence-corrected chi connectivity index (χ2v) is 17.2. The van der Waals surface area contributed by atoms with Crippen LogP contribution in [0.2, 0.25) is 0 Å². The number of carbonyl (C=O) groups excluding carboxylic acids is 3. The maximum atomic E-state index is 14.5. The highest BCUT2D eigenvalue weighted by Gasteiger charge is 2.50. The number of carbonyl (C=O) groups is 3. The van der Waals surface area contributed by atoms with Gasteiger partial charge in [0.25, 0.3) is 11.7 Å². The van der Waals surface area contributed by atoms with Crippen molar-refractivity contribution in [3.63, 3.8) is 0 Å². The number of aromatic hydroxyl groups is 3. The van der Waals surface area contributed by atoms with E-state index in [9.17, 15) is 39.9 Å². The summed E-state index contributed by atoms with van der Waals surface area (Å²) >= 11 is 0. The molecule has 330 valence electrons. The van der Waals surface area contributed by atoms with Crippen LogP contribution in [-0.4, -0.2) is 124 Å². The Bertz CT molecular complexity index is 2050. The third kappa shape index (κ3) is 9.01. The number of likely N-dealkylation sites (tertiary alicyclic amines) is 1. The molecule has 2 aromatic carbocycles. The van der Waals surface area contributed by atoms with Crippen LogP contribution >= 0.6 is 0 Å². The summed E-state index contributed by atoms with van der Waals surface area (Å²) in [5.74, 6) is -7.85. The molecule has 4 heterocycles. The van der Waals surface area contributed by atoms with Crippen molar-refractivity contribution < 1.29 is 58.9 Å². The van der Waals surface area contributed by atoms with Gasteiger partial charge in [-0.05, 0) is 59.9 Å². The molecule has 0 saturated carbocycles. The number of aliphatic hydroxyl groups is 2. The number of allylic oxidation sites excluding steroid dienone is 2. The van der Waals surface area contributed by atoms with E-state index >= 15 is 0 Å². The summed E-state index contributed by atoms with van der Waals surface area (Å²) < 4.78 is 23.7. The number of nitrogens with zero attached hydrogens (tertiary/aromatic N) is 2. The summed E-state index contributed by atoms with van der Waals surface area (Å²) in [6.07, 6.45) is 5.42. The van der Waals surface area contributed by atoms with E-state index in [1.54, 1.807) is 46.8 Å². The number of ketones is 1. The van der Waals surface area contributed by atoms with Crippen molar-refractivity contribution >= 4 is 34.1 Å². The Morgan fingerprint density at radius 3 is 2.20 bits per heavy atom. The summed E-state index contributed by atoms with van der Waals surface area (Å²) in [7, 11) is 5.50. The molecular formula is C45H63N3O12. The number of aliphatic hydroxyl groups excluding tert-OH is 2. The number of rotatable bonds is 5. The standard InChI is InChI=1S/C45H63N3O12/c1-22-13-12-14-23(2)44(56)46-35-30(21-48-18-15-29(16-19-48)47(9)10)39(53)32-33(40(35)54)38(52)27(6)42-34(32)43(55)45(8,60-42)58-20-17-31(57-11)24(3)41(59-28(7)49)26(5)37(51)25(4)36(22)50/h12-14,17,20,22,24-26,29,31,36-37,41,50-54H,15-16,18-19,21H2,1-11H3,(H,46,56)/b13-12+,20-17+,23-14-/t22-,24+,25+,26+,31-,36-,37+,41+,45-/m0/s1. The molecule has 1 amide bonds. The number of benzene rings is 2. The molecule has 0 spiro atoms. The quantitative estimate of drug-likeness (QED) is 0.129. The van der Waals surface area contributed by atoms with Crippen LogP contribution in [-0.2, 0) is 30.3 Å². The summed E-state index contributed by atoms with van der Waals surface area (Å²) in [6.45, 7) is 14.1. The van der Waals surface area contributed by atoms with Crippen LogP contribution in [0.15, 0.2) is 36.1 Å². The van der Waals surface area contributed by atoms with Gasteiger partial charge in [0.15, 0.2) is 5.75 Å². The smallest absolute Gasteiger partial charge is 0.312 e. The molecule has 0 unspecified atom stereocenters. The van der Waals surface area contributed by atoms with Crippen molar-refractivity contribution in [3.8, 4) is 23.0 Å². The monoisotopic (exact) mass is 837 g/mol. The molecule has 15 nitrogen and oxygen atoms in total. The average Bonchev–Trinajstić information content (AvgIpc) is 3.47. The average molecular weight is 838 g/mol. The lowest BCUT2D eigenvalue weighted by Gasteiger charge is -2.38. The Morgan fingerprint density at radius 2 is 1.60 bits per heavy atom. The molecule has 4 aliphatic heterocycles.